The van der Waals surface area contributed by atoms with Crippen molar-refractivity contribution in [3.63, 3.8) is 0 Å². The summed E-state index contributed by atoms with van der Waals surface area (Å²) < 4.78 is 39.8. The van der Waals surface area contributed by atoms with Gasteiger partial charge in [0.2, 0.25) is 11.8 Å². The molecule has 0 fully saturated rings. The van der Waals surface area contributed by atoms with Crippen LogP contribution in [-0.2, 0) is 26.2 Å². The number of nitrogens with one attached hydrogen (secondary N) is 1. The number of carbonyl (C=O) groups is 2. The van der Waals surface area contributed by atoms with E-state index >= 15 is 0 Å². The second-order valence-corrected chi connectivity index (χ2v) is 12.4. The van der Waals surface area contributed by atoms with Gasteiger partial charge in [-0.2, -0.15) is 0 Å². The lowest BCUT2D eigenvalue weighted by Crippen LogP contribution is -2.52. The number of hydrogen-bond acceptors (Lipinski definition) is 6. The highest BCUT2D eigenvalue weighted by atomic mass is 35.5. The van der Waals surface area contributed by atoms with Crippen LogP contribution in [0.15, 0.2) is 77.7 Å². The number of ether oxygens (including phenoxy) is 2. The summed E-state index contributed by atoms with van der Waals surface area (Å²) >= 11 is 6.07. The van der Waals surface area contributed by atoms with Gasteiger partial charge < -0.3 is 19.7 Å². The Morgan fingerprint density at radius 2 is 1.57 bits per heavy atom. The minimum absolute atomic E-state index is 0.0808. The zero-order valence-electron chi connectivity index (χ0n) is 24.5. The lowest BCUT2D eigenvalue weighted by molar-refractivity contribution is -0.140. The number of benzene rings is 3. The highest BCUT2D eigenvalue weighted by molar-refractivity contribution is 7.92. The van der Waals surface area contributed by atoms with Gasteiger partial charge in [0.25, 0.3) is 10.0 Å². The van der Waals surface area contributed by atoms with Crippen molar-refractivity contribution in [3.8, 4) is 11.5 Å². The minimum Gasteiger partial charge on any atom is -0.493 e. The zero-order valence-corrected chi connectivity index (χ0v) is 26.1. The average molecular weight is 616 g/mol. The van der Waals surface area contributed by atoms with Crippen LogP contribution in [0.2, 0.25) is 5.02 Å². The molecule has 0 heterocycles. The highest BCUT2D eigenvalue weighted by Crippen LogP contribution is 2.32. The molecule has 0 radical (unpaired) electrons. The number of methoxy groups -OCH3 is 2. The van der Waals surface area contributed by atoms with E-state index in [2.05, 4.69) is 5.32 Å². The molecule has 0 aliphatic heterocycles. The second kappa shape index (κ2) is 14.9. The summed E-state index contributed by atoms with van der Waals surface area (Å²) in [7, 11) is -1.39. The summed E-state index contributed by atoms with van der Waals surface area (Å²) in [6.07, 6.45) is 0.330. The van der Waals surface area contributed by atoms with Crippen LogP contribution in [0, 0.1) is 5.92 Å². The van der Waals surface area contributed by atoms with Gasteiger partial charge in [0.15, 0.2) is 11.5 Å². The van der Waals surface area contributed by atoms with Gasteiger partial charge in [-0.15, -0.1) is 0 Å². The topological polar surface area (TPSA) is 105 Å². The zero-order chi connectivity index (χ0) is 30.9. The number of hydrogen-bond donors (Lipinski definition) is 1. The summed E-state index contributed by atoms with van der Waals surface area (Å²) in [5, 5.41) is 3.45. The lowest BCUT2D eigenvalue weighted by Gasteiger charge is -2.33. The van der Waals surface area contributed by atoms with Crippen LogP contribution in [0.3, 0.4) is 0 Å². The van der Waals surface area contributed by atoms with Crippen LogP contribution in [0.1, 0.15) is 32.8 Å². The molecule has 0 saturated heterocycles. The maximum atomic E-state index is 14.1. The normalized spacial score (nSPS) is 12.0. The van der Waals surface area contributed by atoms with E-state index in [1.54, 1.807) is 54.6 Å². The van der Waals surface area contributed by atoms with Gasteiger partial charge in [-0.05, 0) is 54.3 Å². The Bertz CT molecular complexity index is 1450. The molecule has 9 nitrogen and oxygen atoms in total. The fourth-order valence-electron chi connectivity index (χ4n) is 4.36. The van der Waals surface area contributed by atoms with Crippen molar-refractivity contribution in [2.75, 3.05) is 31.6 Å². The summed E-state index contributed by atoms with van der Waals surface area (Å²) in [6, 6.07) is 18.7. The molecule has 2 amide bonds. The van der Waals surface area contributed by atoms with Gasteiger partial charge >= 0.3 is 0 Å². The first-order valence-electron chi connectivity index (χ1n) is 13.6. The van der Waals surface area contributed by atoms with Crippen LogP contribution in [-0.4, -0.2) is 58.5 Å². The van der Waals surface area contributed by atoms with Crippen molar-refractivity contribution < 1.29 is 27.5 Å². The molecule has 3 rings (SSSR count). The Kier molecular flexibility index (Phi) is 11.6. The highest BCUT2D eigenvalue weighted by Gasteiger charge is 2.34. The average Bonchev–Trinajstić information content (AvgIpc) is 2.99. The van der Waals surface area contributed by atoms with Crippen LogP contribution in [0.25, 0.3) is 0 Å². The molecule has 11 heteroatoms. The molecule has 0 aliphatic rings. The van der Waals surface area contributed by atoms with Crippen molar-refractivity contribution in [1.29, 1.82) is 0 Å². The first-order chi connectivity index (χ1) is 20.0. The quantitative estimate of drug-likeness (QED) is 0.270. The third kappa shape index (κ3) is 8.17. The summed E-state index contributed by atoms with van der Waals surface area (Å²) in [6.45, 7) is 5.77. The molecule has 1 unspecified atom stereocenters. The lowest BCUT2D eigenvalue weighted by atomic mass is 10.1. The minimum atomic E-state index is -4.26. The fraction of sp³-hybridized carbons (Fsp3) is 0.355. The number of halogens is 1. The molecule has 226 valence electrons. The van der Waals surface area contributed by atoms with E-state index in [0.717, 1.165) is 9.87 Å². The SMILES string of the molecule is CCC(C(=O)NCC(C)C)N(Cc1ccc(Cl)cc1)C(=O)CN(c1ccccc1)S(=O)(=O)c1ccc(OC)c(OC)c1. The van der Waals surface area contributed by atoms with Gasteiger partial charge in [0.05, 0.1) is 24.8 Å². The standard InChI is InChI=1S/C31H38ClN3O6S/c1-6-27(31(37)33-19-22(2)3)34(20-23-12-14-24(32)15-13-23)30(36)21-35(25-10-8-7-9-11-25)42(38,39)26-16-17-28(40-4)29(18-26)41-5/h7-18,22,27H,6,19-21H2,1-5H3,(H,33,37). The van der Waals surface area contributed by atoms with Crippen LogP contribution < -0.4 is 19.1 Å². The molecular formula is C31H38ClN3O6S. The molecule has 0 aromatic heterocycles. The second-order valence-electron chi connectivity index (χ2n) is 10.1. The molecule has 0 saturated carbocycles. The van der Waals surface area contributed by atoms with E-state index in [0.29, 0.717) is 29.4 Å². The molecule has 1 N–H and O–H groups in total. The number of nitrogens with zero attached hydrogens (tertiary/aromatic N) is 2. The van der Waals surface area contributed by atoms with E-state index < -0.39 is 28.5 Å². The molecule has 42 heavy (non-hydrogen) atoms. The van der Waals surface area contributed by atoms with E-state index in [1.807, 2.05) is 20.8 Å². The predicted octanol–water partition coefficient (Wildman–Crippen LogP) is 5.13. The number of amides is 2. The number of sulfonamides is 1. The predicted molar refractivity (Wildman–Crippen MR) is 164 cm³/mol. The number of rotatable bonds is 14. The van der Waals surface area contributed by atoms with Crippen LogP contribution in [0.4, 0.5) is 5.69 Å². The van der Waals surface area contributed by atoms with Crippen molar-refractivity contribution in [3.05, 3.63) is 83.4 Å². The third-order valence-corrected chi connectivity index (χ3v) is 8.62. The molecule has 0 spiro atoms. The number of carbonyl (C=O) groups excluding carboxylic acids is 2. The molecular weight excluding hydrogens is 578 g/mol. The first kappa shape index (κ1) is 32.8. The van der Waals surface area contributed by atoms with Crippen molar-refractivity contribution in [2.45, 2.75) is 44.7 Å². The first-order valence-corrected chi connectivity index (χ1v) is 15.4. The van der Waals surface area contributed by atoms with Crippen LogP contribution >= 0.6 is 11.6 Å². The summed E-state index contributed by atoms with van der Waals surface area (Å²) in [5.41, 5.74) is 1.04. The van der Waals surface area contributed by atoms with Gasteiger partial charge in [0.1, 0.15) is 12.6 Å². The van der Waals surface area contributed by atoms with Gasteiger partial charge in [-0.3, -0.25) is 13.9 Å². The fourth-order valence-corrected chi connectivity index (χ4v) is 5.91. The molecule has 1 atom stereocenters. The maximum absolute atomic E-state index is 14.1. The Morgan fingerprint density at radius 3 is 2.14 bits per heavy atom. The van der Waals surface area contributed by atoms with E-state index in [4.69, 9.17) is 21.1 Å². The summed E-state index contributed by atoms with van der Waals surface area (Å²) in [5.74, 6) is -0.0275. The monoisotopic (exact) mass is 615 g/mol. The van der Waals surface area contributed by atoms with Crippen molar-refractivity contribution >= 4 is 39.1 Å². The Balaban J connectivity index is 2.05. The van der Waals surface area contributed by atoms with Crippen molar-refractivity contribution in [1.82, 2.24) is 10.2 Å². The molecule has 3 aromatic rings. The number of para-hydroxylation sites is 1. The van der Waals surface area contributed by atoms with Gasteiger partial charge in [-0.1, -0.05) is 62.7 Å². The molecule has 3 aromatic carbocycles. The molecule has 0 aliphatic carbocycles. The Hall–Kier alpha value is -3.76. The smallest absolute Gasteiger partial charge is 0.264 e. The van der Waals surface area contributed by atoms with Crippen molar-refractivity contribution in [2.24, 2.45) is 5.92 Å². The van der Waals surface area contributed by atoms with Gasteiger partial charge in [0, 0.05) is 24.2 Å². The van der Waals surface area contributed by atoms with E-state index in [9.17, 15) is 18.0 Å². The van der Waals surface area contributed by atoms with E-state index in [1.165, 1.54) is 37.3 Å². The van der Waals surface area contributed by atoms with Gasteiger partial charge in [-0.25, -0.2) is 8.42 Å². The van der Waals surface area contributed by atoms with E-state index in [-0.39, 0.29) is 29.0 Å². The molecule has 0 bridgehead atoms. The summed E-state index contributed by atoms with van der Waals surface area (Å²) in [4.78, 5) is 28.8. The number of anilines is 1. The van der Waals surface area contributed by atoms with Crippen LogP contribution in [0.5, 0.6) is 11.5 Å². The maximum Gasteiger partial charge on any atom is 0.264 e. The third-order valence-electron chi connectivity index (χ3n) is 6.60. The largest absolute Gasteiger partial charge is 0.493 e. The Labute approximate surface area is 253 Å². The Morgan fingerprint density at radius 1 is 0.929 bits per heavy atom.